The van der Waals surface area contributed by atoms with E-state index in [1.54, 1.807) is 12.0 Å². The van der Waals surface area contributed by atoms with E-state index < -0.39 is 0 Å². The van der Waals surface area contributed by atoms with Crippen LogP contribution >= 0.6 is 39.9 Å². The van der Waals surface area contributed by atoms with Gasteiger partial charge in [0.1, 0.15) is 10.9 Å². The summed E-state index contributed by atoms with van der Waals surface area (Å²) in [5.41, 5.74) is 1.92. The van der Waals surface area contributed by atoms with E-state index >= 15 is 0 Å². The Morgan fingerprint density at radius 1 is 1.23 bits per heavy atom. The number of halogens is 1. The predicted octanol–water partition coefficient (Wildman–Crippen LogP) is 6.57. The molecule has 2 saturated heterocycles. The fourth-order valence-corrected chi connectivity index (χ4v) is 6.18. The minimum absolute atomic E-state index is 0.0595. The number of benzene rings is 3. The highest BCUT2D eigenvalue weighted by Gasteiger charge is 2.34. The van der Waals surface area contributed by atoms with Gasteiger partial charge in [0.15, 0.2) is 11.5 Å². The Balaban J connectivity index is 1.35. The molecule has 1 amide bonds. The van der Waals surface area contributed by atoms with Crippen LogP contribution in [-0.4, -0.2) is 41.5 Å². The molecule has 0 spiro atoms. The molecule has 2 aliphatic heterocycles. The maximum Gasteiger partial charge on any atom is 0.266 e. The van der Waals surface area contributed by atoms with Gasteiger partial charge in [-0.25, -0.2) is 0 Å². The van der Waals surface area contributed by atoms with Crippen LogP contribution in [0.1, 0.15) is 24.0 Å². The zero-order valence-corrected chi connectivity index (χ0v) is 22.4. The Bertz CT molecular complexity index is 1310. The van der Waals surface area contributed by atoms with E-state index in [-0.39, 0.29) is 12.0 Å². The number of carbonyl (C=O) groups is 1. The second-order valence-corrected chi connectivity index (χ2v) is 10.9. The van der Waals surface area contributed by atoms with Gasteiger partial charge in [0.25, 0.3) is 5.91 Å². The van der Waals surface area contributed by atoms with Crippen molar-refractivity contribution in [2.24, 2.45) is 0 Å². The molecule has 8 heteroatoms. The fraction of sp³-hybridized carbons (Fsp3) is 0.259. The van der Waals surface area contributed by atoms with Crippen LogP contribution in [-0.2, 0) is 16.1 Å². The van der Waals surface area contributed by atoms with E-state index in [9.17, 15) is 4.79 Å². The quantitative estimate of drug-likeness (QED) is 0.237. The van der Waals surface area contributed by atoms with Crippen molar-refractivity contribution in [2.45, 2.75) is 25.6 Å². The molecule has 0 aliphatic carbocycles. The minimum atomic E-state index is -0.0816. The topological polar surface area (TPSA) is 48.0 Å². The molecule has 180 valence electrons. The molecule has 0 saturated carbocycles. The third-order valence-electron chi connectivity index (χ3n) is 6.09. The lowest BCUT2D eigenvalue weighted by Crippen LogP contribution is -2.35. The SMILES string of the molecule is COc1cc(/C=C2\SC(=S)N(C[C@H]3CCCO3)C2=O)cc(Br)c1OCc1cccc2ccccc12. The maximum absolute atomic E-state index is 13.0. The van der Waals surface area contributed by atoms with Crippen molar-refractivity contribution < 1.29 is 19.0 Å². The molecule has 35 heavy (non-hydrogen) atoms. The van der Waals surface area contributed by atoms with Gasteiger partial charge in [-0.2, -0.15) is 0 Å². The normalized spacial score (nSPS) is 19.2. The number of thioether (sulfide) groups is 1. The van der Waals surface area contributed by atoms with Gasteiger partial charge in [0.2, 0.25) is 0 Å². The van der Waals surface area contributed by atoms with Gasteiger partial charge in [0, 0.05) is 6.61 Å². The summed E-state index contributed by atoms with van der Waals surface area (Å²) in [5.74, 6) is 1.12. The summed E-state index contributed by atoms with van der Waals surface area (Å²) >= 11 is 10.4. The lowest BCUT2D eigenvalue weighted by atomic mass is 10.1. The first-order valence-corrected chi connectivity index (χ1v) is 13.4. The number of hydrogen-bond donors (Lipinski definition) is 0. The van der Waals surface area contributed by atoms with Gasteiger partial charge in [0.05, 0.1) is 29.1 Å². The van der Waals surface area contributed by atoms with Crippen LogP contribution in [0.5, 0.6) is 11.5 Å². The highest BCUT2D eigenvalue weighted by molar-refractivity contribution is 9.10. The first-order valence-electron chi connectivity index (χ1n) is 11.4. The van der Waals surface area contributed by atoms with Crippen LogP contribution in [0.4, 0.5) is 0 Å². The van der Waals surface area contributed by atoms with Crippen LogP contribution in [0.2, 0.25) is 0 Å². The van der Waals surface area contributed by atoms with Crippen molar-refractivity contribution in [1.29, 1.82) is 0 Å². The van der Waals surface area contributed by atoms with E-state index in [0.29, 0.717) is 33.9 Å². The Labute approximate surface area is 222 Å². The van der Waals surface area contributed by atoms with E-state index in [2.05, 4.69) is 40.2 Å². The van der Waals surface area contributed by atoms with Crippen LogP contribution in [0, 0.1) is 0 Å². The summed E-state index contributed by atoms with van der Waals surface area (Å²) in [6, 6.07) is 18.2. The summed E-state index contributed by atoms with van der Waals surface area (Å²) in [6.45, 7) is 1.66. The Morgan fingerprint density at radius 3 is 2.86 bits per heavy atom. The second-order valence-electron chi connectivity index (χ2n) is 8.39. The van der Waals surface area contributed by atoms with Crippen LogP contribution < -0.4 is 9.47 Å². The first kappa shape index (κ1) is 24.3. The molecule has 0 N–H and O–H groups in total. The third kappa shape index (κ3) is 5.26. The standard InChI is InChI=1S/C27H24BrNO4S2/c1-31-23-13-17(14-24-26(30)29(27(34)35-24)15-20-9-5-11-32-20)12-22(28)25(23)33-16-19-8-4-7-18-6-2-3-10-21(18)19/h2-4,6-8,10,12-14,20H,5,9,11,15-16H2,1H3/b24-14-/t20-/m1/s1. The van der Waals surface area contributed by atoms with Crippen LogP contribution in [0.25, 0.3) is 16.8 Å². The van der Waals surface area contributed by atoms with Crippen molar-refractivity contribution in [1.82, 2.24) is 4.90 Å². The van der Waals surface area contributed by atoms with E-state index in [4.69, 9.17) is 26.4 Å². The van der Waals surface area contributed by atoms with E-state index in [1.165, 1.54) is 17.1 Å². The van der Waals surface area contributed by atoms with Gasteiger partial charge in [-0.15, -0.1) is 0 Å². The molecule has 3 aromatic rings. The van der Waals surface area contributed by atoms with Crippen LogP contribution in [0.3, 0.4) is 0 Å². The smallest absolute Gasteiger partial charge is 0.266 e. The van der Waals surface area contributed by atoms with E-state index in [0.717, 1.165) is 40.4 Å². The molecular formula is C27H24BrNO4S2. The summed E-state index contributed by atoms with van der Waals surface area (Å²) in [4.78, 5) is 15.2. The number of hydrogen-bond acceptors (Lipinski definition) is 6. The Kier molecular flexibility index (Phi) is 7.43. The second kappa shape index (κ2) is 10.7. The van der Waals surface area contributed by atoms with Gasteiger partial charge in [-0.05, 0) is 68.9 Å². The average molecular weight is 571 g/mol. The Hall–Kier alpha value is -2.39. The number of fused-ring (bicyclic) bond motifs is 1. The number of ether oxygens (including phenoxy) is 3. The molecule has 2 heterocycles. The monoisotopic (exact) mass is 569 g/mol. The molecule has 2 fully saturated rings. The zero-order valence-electron chi connectivity index (χ0n) is 19.2. The van der Waals surface area contributed by atoms with Crippen molar-refractivity contribution in [2.75, 3.05) is 20.3 Å². The minimum Gasteiger partial charge on any atom is -0.493 e. The lowest BCUT2D eigenvalue weighted by Gasteiger charge is -2.18. The molecule has 0 aromatic heterocycles. The van der Waals surface area contributed by atoms with Crippen LogP contribution in [0.15, 0.2) is 64.0 Å². The fourth-order valence-electron chi connectivity index (χ4n) is 4.33. The molecule has 1 atom stereocenters. The number of rotatable bonds is 7. The first-order chi connectivity index (χ1) is 17.0. The van der Waals surface area contributed by atoms with Crippen molar-refractivity contribution in [3.8, 4) is 11.5 Å². The summed E-state index contributed by atoms with van der Waals surface area (Å²) in [5, 5.41) is 2.33. The molecule has 0 radical (unpaired) electrons. The molecule has 5 nitrogen and oxygen atoms in total. The average Bonchev–Trinajstić information content (AvgIpc) is 3.47. The maximum atomic E-state index is 13.0. The highest BCUT2D eigenvalue weighted by atomic mass is 79.9. The van der Waals surface area contributed by atoms with Gasteiger partial charge >= 0.3 is 0 Å². The van der Waals surface area contributed by atoms with Crippen molar-refractivity contribution in [3.63, 3.8) is 0 Å². The van der Waals surface area contributed by atoms with Crippen molar-refractivity contribution >= 4 is 67.0 Å². The number of thiocarbonyl (C=S) groups is 1. The molecular weight excluding hydrogens is 546 g/mol. The third-order valence-corrected chi connectivity index (χ3v) is 8.05. The predicted molar refractivity (Wildman–Crippen MR) is 148 cm³/mol. The van der Waals surface area contributed by atoms with Gasteiger partial charge in [-0.3, -0.25) is 9.69 Å². The zero-order chi connectivity index (χ0) is 24.4. The molecule has 3 aromatic carbocycles. The number of methoxy groups -OCH3 is 1. The summed E-state index contributed by atoms with van der Waals surface area (Å²) < 4.78 is 18.8. The largest absolute Gasteiger partial charge is 0.493 e. The number of amides is 1. The molecule has 0 unspecified atom stereocenters. The van der Waals surface area contributed by atoms with Gasteiger partial charge < -0.3 is 14.2 Å². The van der Waals surface area contributed by atoms with Gasteiger partial charge in [-0.1, -0.05) is 66.4 Å². The summed E-state index contributed by atoms with van der Waals surface area (Å²) in [6.07, 6.45) is 3.89. The molecule has 0 bridgehead atoms. The number of nitrogens with zero attached hydrogens (tertiary/aromatic N) is 1. The number of carbonyl (C=O) groups excluding carboxylic acids is 1. The Morgan fingerprint density at radius 2 is 2.06 bits per heavy atom. The van der Waals surface area contributed by atoms with Crippen molar-refractivity contribution in [3.05, 3.63) is 75.1 Å². The van der Waals surface area contributed by atoms with E-state index in [1.807, 2.05) is 36.4 Å². The molecule has 2 aliphatic rings. The highest BCUT2D eigenvalue weighted by Crippen LogP contribution is 2.40. The lowest BCUT2D eigenvalue weighted by molar-refractivity contribution is -0.123. The molecule has 5 rings (SSSR count). The summed E-state index contributed by atoms with van der Waals surface area (Å²) in [7, 11) is 1.61.